The average Bonchev–Trinajstić information content (AvgIpc) is 3.00. The van der Waals surface area contributed by atoms with Gasteiger partial charge in [0.15, 0.2) is 5.82 Å². The first-order valence-corrected chi connectivity index (χ1v) is 7.94. The minimum atomic E-state index is -0.725. The zero-order chi connectivity index (χ0) is 19.7. The van der Waals surface area contributed by atoms with Crippen molar-refractivity contribution >= 4 is 17.6 Å². The molecular formula is C18H23N5O3. The number of benzene rings is 1. The lowest BCUT2D eigenvalue weighted by atomic mass is 10.1. The highest BCUT2D eigenvalue weighted by Crippen LogP contribution is 2.17. The molecule has 0 bridgehead atoms. The molecular weight excluding hydrogens is 334 g/mol. The number of ether oxygens (including phenoxy) is 1. The van der Waals surface area contributed by atoms with Crippen LogP contribution in [-0.4, -0.2) is 36.2 Å². The number of primary amides is 1. The third-order valence-corrected chi connectivity index (χ3v) is 3.00. The fourth-order valence-electron chi connectivity index (χ4n) is 1.90. The summed E-state index contributed by atoms with van der Waals surface area (Å²) in [6.07, 6.45) is 1.25. The van der Waals surface area contributed by atoms with E-state index in [2.05, 4.69) is 41.2 Å². The zero-order valence-electron chi connectivity index (χ0n) is 15.3. The Hall–Kier alpha value is -3.47. The van der Waals surface area contributed by atoms with Crippen molar-refractivity contribution in [3.8, 4) is 17.6 Å². The van der Waals surface area contributed by atoms with Crippen molar-refractivity contribution < 1.29 is 14.3 Å². The molecule has 0 radical (unpaired) electrons. The molecule has 1 aromatic heterocycles. The first-order valence-electron chi connectivity index (χ1n) is 7.94. The molecule has 0 aliphatic heterocycles. The van der Waals surface area contributed by atoms with Crippen LogP contribution in [0.2, 0.25) is 0 Å². The van der Waals surface area contributed by atoms with Crippen LogP contribution in [0.5, 0.6) is 5.75 Å². The van der Waals surface area contributed by atoms with Crippen LogP contribution in [0.4, 0.5) is 5.82 Å². The van der Waals surface area contributed by atoms with Gasteiger partial charge in [-0.15, -0.1) is 0 Å². The van der Waals surface area contributed by atoms with Crippen LogP contribution >= 0.6 is 0 Å². The van der Waals surface area contributed by atoms with Gasteiger partial charge in [0, 0.05) is 18.2 Å². The highest BCUT2D eigenvalue weighted by Gasteiger charge is 2.14. The molecule has 0 atom stereocenters. The average molecular weight is 357 g/mol. The first kappa shape index (κ1) is 20.6. The van der Waals surface area contributed by atoms with E-state index < -0.39 is 5.91 Å². The number of amides is 2. The molecule has 8 heteroatoms. The molecule has 0 saturated carbocycles. The molecule has 2 rings (SSSR count). The van der Waals surface area contributed by atoms with Crippen LogP contribution in [0, 0.1) is 11.8 Å². The van der Waals surface area contributed by atoms with Gasteiger partial charge in [0.25, 0.3) is 11.8 Å². The summed E-state index contributed by atoms with van der Waals surface area (Å²) in [6, 6.07) is 4.84. The number of carbonyl (C=O) groups excluding carboxylic acids is 2. The normalized spacial score (nSPS) is 9.23. The maximum Gasteiger partial charge on any atom is 0.255 e. The molecule has 138 valence electrons. The Morgan fingerprint density at radius 3 is 2.46 bits per heavy atom. The van der Waals surface area contributed by atoms with Crippen LogP contribution in [-0.2, 0) is 0 Å². The molecule has 26 heavy (non-hydrogen) atoms. The maximum atomic E-state index is 11.7. The molecule has 8 nitrogen and oxygen atoms in total. The molecule has 2 aromatic rings. The number of nitrogens with zero attached hydrogens (tertiary/aromatic N) is 1. The van der Waals surface area contributed by atoms with E-state index >= 15 is 0 Å². The monoisotopic (exact) mass is 357 g/mol. The number of nitrogen functional groups attached to an aromatic ring is 1. The largest absolute Gasteiger partial charge is 0.497 e. The predicted octanol–water partition coefficient (Wildman–Crippen LogP) is 1.28. The summed E-state index contributed by atoms with van der Waals surface area (Å²) in [5.41, 5.74) is 12.0. The van der Waals surface area contributed by atoms with Gasteiger partial charge in [-0.2, -0.15) is 5.10 Å². The third kappa shape index (κ3) is 5.27. The summed E-state index contributed by atoms with van der Waals surface area (Å²) in [5.74, 6) is 5.02. The van der Waals surface area contributed by atoms with Gasteiger partial charge in [0.2, 0.25) is 0 Å². The van der Waals surface area contributed by atoms with Gasteiger partial charge >= 0.3 is 0 Å². The van der Waals surface area contributed by atoms with E-state index in [-0.39, 0.29) is 23.0 Å². The second-order valence-electron chi connectivity index (χ2n) is 5.21. The molecule has 2 amide bonds. The summed E-state index contributed by atoms with van der Waals surface area (Å²) >= 11 is 0. The summed E-state index contributed by atoms with van der Waals surface area (Å²) in [5, 5.41) is 8.77. The Balaban J connectivity index is 0.00000105. The quantitative estimate of drug-likeness (QED) is 0.613. The number of nitrogens with two attached hydrogens (primary N) is 2. The lowest BCUT2D eigenvalue weighted by Gasteiger charge is -2.05. The maximum absolute atomic E-state index is 11.7. The SMILES string of the molecule is CCC.CNC(=O)c1cc(C#Cc2[nH]nc(N)c2C(N)=O)cc(OC)c1. The Morgan fingerprint density at radius 1 is 1.27 bits per heavy atom. The Bertz CT molecular complexity index is 846. The van der Waals surface area contributed by atoms with E-state index in [1.807, 2.05) is 0 Å². The summed E-state index contributed by atoms with van der Waals surface area (Å²) < 4.78 is 5.15. The van der Waals surface area contributed by atoms with Crippen LogP contribution in [0.1, 0.15) is 52.2 Å². The number of aromatic amines is 1. The first-order chi connectivity index (χ1) is 12.4. The van der Waals surface area contributed by atoms with Crippen molar-refractivity contribution in [2.45, 2.75) is 20.3 Å². The number of rotatable bonds is 3. The van der Waals surface area contributed by atoms with Crippen LogP contribution in [0.15, 0.2) is 18.2 Å². The van der Waals surface area contributed by atoms with E-state index in [0.717, 1.165) is 0 Å². The van der Waals surface area contributed by atoms with Crippen molar-refractivity contribution in [3.05, 3.63) is 40.6 Å². The Kier molecular flexibility index (Phi) is 7.70. The number of anilines is 1. The highest BCUT2D eigenvalue weighted by atomic mass is 16.5. The lowest BCUT2D eigenvalue weighted by Crippen LogP contribution is -2.17. The van der Waals surface area contributed by atoms with Crippen molar-refractivity contribution in [1.82, 2.24) is 15.5 Å². The van der Waals surface area contributed by atoms with Gasteiger partial charge in [0.1, 0.15) is 17.0 Å². The number of methoxy groups -OCH3 is 1. The van der Waals surface area contributed by atoms with E-state index in [1.165, 1.54) is 20.6 Å². The topological polar surface area (TPSA) is 136 Å². The van der Waals surface area contributed by atoms with E-state index in [0.29, 0.717) is 16.9 Å². The van der Waals surface area contributed by atoms with Gasteiger partial charge in [-0.05, 0) is 24.1 Å². The number of nitrogens with one attached hydrogen (secondary N) is 2. The predicted molar refractivity (Wildman–Crippen MR) is 99.8 cm³/mol. The fourth-order valence-corrected chi connectivity index (χ4v) is 1.90. The van der Waals surface area contributed by atoms with Crippen LogP contribution in [0.25, 0.3) is 0 Å². The van der Waals surface area contributed by atoms with Crippen molar-refractivity contribution in [2.24, 2.45) is 5.73 Å². The number of aromatic nitrogens is 2. The van der Waals surface area contributed by atoms with E-state index in [4.69, 9.17) is 16.2 Å². The lowest BCUT2D eigenvalue weighted by molar-refractivity contribution is 0.0961. The molecule has 1 heterocycles. The van der Waals surface area contributed by atoms with Gasteiger partial charge in [-0.3, -0.25) is 14.7 Å². The molecule has 0 fully saturated rings. The zero-order valence-corrected chi connectivity index (χ0v) is 15.3. The molecule has 0 aliphatic carbocycles. The second kappa shape index (κ2) is 9.74. The summed E-state index contributed by atoms with van der Waals surface area (Å²) in [6.45, 7) is 4.25. The van der Waals surface area contributed by atoms with E-state index in [1.54, 1.807) is 18.2 Å². The summed E-state index contributed by atoms with van der Waals surface area (Å²) in [7, 11) is 3.01. The van der Waals surface area contributed by atoms with Crippen molar-refractivity contribution in [1.29, 1.82) is 0 Å². The number of hydrogen-bond acceptors (Lipinski definition) is 5. The smallest absolute Gasteiger partial charge is 0.255 e. The molecule has 0 aliphatic rings. The molecule has 0 spiro atoms. The fraction of sp³-hybridized carbons (Fsp3) is 0.278. The van der Waals surface area contributed by atoms with Gasteiger partial charge in [-0.1, -0.05) is 26.2 Å². The third-order valence-electron chi connectivity index (χ3n) is 3.00. The molecule has 1 aromatic carbocycles. The highest BCUT2D eigenvalue weighted by molar-refractivity contribution is 5.99. The molecule has 6 N–H and O–H groups in total. The standard InChI is InChI=1S/C15H15N5O3.C3H8/c1-18-15(22)9-5-8(6-10(7-9)23-2)3-4-11-12(14(17)21)13(16)20-19-11;1-3-2/h5-7H,1-2H3,(H2,17,21)(H,18,22)(H3,16,19,20);3H2,1-2H3. The molecule has 0 unspecified atom stereocenters. The summed E-state index contributed by atoms with van der Waals surface area (Å²) in [4.78, 5) is 23.1. The van der Waals surface area contributed by atoms with Crippen LogP contribution in [0.3, 0.4) is 0 Å². The Labute approximate surface area is 152 Å². The van der Waals surface area contributed by atoms with Gasteiger partial charge < -0.3 is 21.5 Å². The number of carbonyl (C=O) groups is 2. The minimum absolute atomic E-state index is 0.0153. The van der Waals surface area contributed by atoms with Gasteiger partial charge in [-0.25, -0.2) is 0 Å². The van der Waals surface area contributed by atoms with Crippen molar-refractivity contribution in [2.75, 3.05) is 19.9 Å². The number of hydrogen-bond donors (Lipinski definition) is 4. The van der Waals surface area contributed by atoms with Crippen LogP contribution < -0.4 is 21.5 Å². The van der Waals surface area contributed by atoms with E-state index in [9.17, 15) is 9.59 Å². The van der Waals surface area contributed by atoms with Crippen molar-refractivity contribution in [3.63, 3.8) is 0 Å². The molecule has 0 saturated heterocycles. The Morgan fingerprint density at radius 2 is 1.92 bits per heavy atom. The number of H-pyrrole nitrogens is 1. The van der Waals surface area contributed by atoms with Gasteiger partial charge in [0.05, 0.1) is 7.11 Å². The second-order valence-corrected chi connectivity index (χ2v) is 5.21. The minimum Gasteiger partial charge on any atom is -0.497 e.